The SMILES string of the molecule is COCC(C(O)C(O)C(=O)NCCC(C)c1nc(/C=C/CC2OC3(C[C@H](O)C2C)OC(C(CC(O)C(C)C(O)C(C)/C=C(C)/C(C)=C/C=C/C(C)=C/C#N)OC)[C@@H](OP(=O)(O)O)C3(C)C)co1)N(C)C. The molecule has 1 aromatic rings. The van der Waals surface area contributed by atoms with Crippen molar-refractivity contribution in [1.29, 1.82) is 5.26 Å². The molecular weight excluding hydrogens is 928 g/mol. The summed E-state index contributed by atoms with van der Waals surface area (Å²) in [6.45, 7) is 16.6. The molecule has 20 heteroatoms. The molecule has 70 heavy (non-hydrogen) atoms. The van der Waals surface area contributed by atoms with Crippen molar-refractivity contribution in [3.8, 4) is 6.07 Å². The number of rotatable bonds is 26. The molecule has 1 spiro atoms. The molecular formula is C50H81N4O15P. The van der Waals surface area contributed by atoms with Gasteiger partial charge in [0, 0.05) is 68.8 Å². The maximum absolute atomic E-state index is 12.6. The highest BCUT2D eigenvalue weighted by Gasteiger charge is 2.68. The minimum atomic E-state index is -5.15. The molecule has 0 radical (unpaired) electrons. The van der Waals surface area contributed by atoms with Crippen molar-refractivity contribution < 1.29 is 72.6 Å². The lowest BCUT2D eigenvalue weighted by Gasteiger charge is -2.50. The van der Waals surface area contributed by atoms with Crippen LogP contribution in [0.2, 0.25) is 0 Å². The van der Waals surface area contributed by atoms with Crippen LogP contribution in [0.15, 0.2) is 63.9 Å². The van der Waals surface area contributed by atoms with Crippen LogP contribution in [0.3, 0.4) is 0 Å². The lowest BCUT2D eigenvalue weighted by Crippen LogP contribution is -2.58. The number of aliphatic hydroxyl groups is 5. The van der Waals surface area contributed by atoms with E-state index in [1.165, 1.54) is 26.6 Å². The van der Waals surface area contributed by atoms with Gasteiger partial charge in [0.2, 0.25) is 0 Å². The van der Waals surface area contributed by atoms with Crippen LogP contribution in [0.25, 0.3) is 6.08 Å². The Hall–Kier alpha value is -3.42. The number of aromatic nitrogens is 1. The van der Waals surface area contributed by atoms with Gasteiger partial charge in [-0.2, -0.15) is 5.26 Å². The van der Waals surface area contributed by atoms with Crippen LogP contribution >= 0.6 is 7.82 Å². The summed E-state index contributed by atoms with van der Waals surface area (Å²) in [6.07, 6.45) is 4.10. The minimum Gasteiger partial charge on any atom is -0.448 e. The van der Waals surface area contributed by atoms with E-state index in [0.29, 0.717) is 18.0 Å². The number of oxazole rings is 1. The average molecular weight is 1010 g/mol. The topological polar surface area (TPSA) is 287 Å². The van der Waals surface area contributed by atoms with E-state index < -0.39 is 97.7 Å². The number of methoxy groups -OCH3 is 2. The van der Waals surface area contributed by atoms with Gasteiger partial charge < -0.3 is 68.9 Å². The summed E-state index contributed by atoms with van der Waals surface area (Å²) >= 11 is 0. The zero-order chi connectivity index (χ0) is 52.9. The number of phosphoric acid groups is 1. The van der Waals surface area contributed by atoms with E-state index in [-0.39, 0.29) is 44.2 Å². The van der Waals surface area contributed by atoms with E-state index in [2.05, 4.69) is 10.3 Å². The largest absolute Gasteiger partial charge is 0.469 e. The van der Waals surface area contributed by atoms with Gasteiger partial charge in [0.05, 0.1) is 49.2 Å². The number of hydrogen-bond acceptors (Lipinski definition) is 16. The summed E-state index contributed by atoms with van der Waals surface area (Å²) in [4.78, 5) is 39.2. The van der Waals surface area contributed by atoms with E-state index in [4.69, 9.17) is 33.2 Å². The fraction of sp³-hybridized carbons (Fsp3) is 0.700. The van der Waals surface area contributed by atoms with Crippen LogP contribution in [0.5, 0.6) is 0 Å². The maximum atomic E-state index is 12.6. The van der Waals surface area contributed by atoms with E-state index in [9.17, 15) is 44.7 Å². The number of carbonyl (C=O) groups excluding carboxylic acids is 1. The molecule has 2 fully saturated rings. The maximum Gasteiger partial charge on any atom is 0.469 e. The second kappa shape index (κ2) is 27.0. The van der Waals surface area contributed by atoms with E-state index >= 15 is 0 Å². The van der Waals surface area contributed by atoms with Crippen LogP contribution in [-0.4, -0.2) is 159 Å². The molecule has 2 aliphatic heterocycles. The molecule has 13 unspecified atom stereocenters. The number of aliphatic hydroxyl groups excluding tert-OH is 5. The molecule has 8 N–H and O–H groups in total. The van der Waals surface area contributed by atoms with Crippen molar-refractivity contribution in [2.45, 2.75) is 161 Å². The highest BCUT2D eigenvalue weighted by atomic mass is 31.2. The van der Waals surface area contributed by atoms with Crippen molar-refractivity contribution in [3.63, 3.8) is 0 Å². The van der Waals surface area contributed by atoms with Crippen molar-refractivity contribution in [3.05, 3.63) is 71.0 Å². The molecule has 15 atom stereocenters. The lowest BCUT2D eigenvalue weighted by atomic mass is 9.72. The number of ether oxygens (including phenoxy) is 4. The summed E-state index contributed by atoms with van der Waals surface area (Å²) in [7, 11) is 1.12. The fourth-order valence-electron chi connectivity index (χ4n) is 8.96. The van der Waals surface area contributed by atoms with Gasteiger partial charge >= 0.3 is 7.82 Å². The van der Waals surface area contributed by atoms with Crippen molar-refractivity contribution in [2.24, 2.45) is 23.2 Å². The first-order chi connectivity index (χ1) is 32.6. The molecule has 0 aromatic carbocycles. The number of nitrogens with one attached hydrogen (secondary N) is 1. The molecule has 0 bridgehead atoms. The summed E-state index contributed by atoms with van der Waals surface area (Å²) in [5.74, 6) is -3.63. The Balaban J connectivity index is 1.74. The van der Waals surface area contributed by atoms with Gasteiger partial charge in [0.1, 0.15) is 30.3 Å². The number of nitriles is 1. The van der Waals surface area contributed by atoms with Crippen LogP contribution in [0, 0.1) is 34.5 Å². The lowest BCUT2D eigenvalue weighted by molar-refractivity contribution is -0.334. The van der Waals surface area contributed by atoms with Gasteiger partial charge in [-0.25, -0.2) is 9.55 Å². The fourth-order valence-corrected chi connectivity index (χ4v) is 9.64. The normalized spacial score (nSPS) is 27.6. The Kier molecular flexibility index (Phi) is 23.5. The molecule has 2 saturated heterocycles. The zero-order valence-corrected chi connectivity index (χ0v) is 44.0. The molecule has 396 valence electrons. The van der Waals surface area contributed by atoms with Crippen LogP contribution in [0.1, 0.15) is 105 Å². The first-order valence-corrected chi connectivity index (χ1v) is 25.4. The van der Waals surface area contributed by atoms with Crippen LogP contribution in [0.4, 0.5) is 0 Å². The van der Waals surface area contributed by atoms with E-state index in [1.54, 1.807) is 45.8 Å². The third-order valence-corrected chi connectivity index (χ3v) is 14.5. The molecule has 1 aromatic heterocycles. The van der Waals surface area contributed by atoms with Gasteiger partial charge in [-0.1, -0.05) is 77.5 Å². The number of allylic oxidation sites excluding steroid dienone is 7. The van der Waals surface area contributed by atoms with Crippen molar-refractivity contribution in [1.82, 2.24) is 15.2 Å². The van der Waals surface area contributed by atoms with E-state index in [1.807, 2.05) is 78.0 Å². The Morgan fingerprint density at radius 2 is 1.76 bits per heavy atom. The number of nitrogens with zero attached hydrogens (tertiary/aromatic N) is 3. The quantitative estimate of drug-likeness (QED) is 0.0355. The second-order valence-corrected chi connectivity index (χ2v) is 21.1. The standard InChI is InChI=1S/C50H81N4O15P/c1-29(20-22-51)16-14-17-30(2)32(4)24-33(5)42(57)35(7)38(55)25-41(65-13)45-46(69-70(61,62)63)49(8,9)50(68-45)26-39(56)34(6)40(67-50)19-15-18-36-27-66-48(53-36)31(3)21-23-52-47(60)44(59)43(58)37(28-64-12)54(10)11/h14-18,20,24,27,31,33-35,37-46,55-59H,19,21,23,25-26,28H2,1-13H3,(H,52,60)(H2,61,62,63)/b16-14+,18-15+,29-20+,30-17+,32-24+/t31?,33?,34?,35?,37?,38?,39-,40?,41?,42?,43?,44?,45?,46+,50?/m0/s1. The smallest absolute Gasteiger partial charge is 0.448 e. The first kappa shape index (κ1) is 60.9. The zero-order valence-electron chi connectivity index (χ0n) is 43.1. The number of amides is 1. The molecule has 0 saturated carbocycles. The number of phosphoric ester groups is 1. The highest BCUT2D eigenvalue weighted by Crippen LogP contribution is 2.59. The van der Waals surface area contributed by atoms with Gasteiger partial charge in [0.25, 0.3) is 5.91 Å². The minimum absolute atomic E-state index is 0.0645. The van der Waals surface area contributed by atoms with Crippen LogP contribution < -0.4 is 5.32 Å². The van der Waals surface area contributed by atoms with Crippen LogP contribution in [-0.2, 0) is 32.8 Å². The monoisotopic (exact) mass is 1010 g/mol. The van der Waals surface area contributed by atoms with E-state index in [0.717, 1.165) is 16.7 Å². The molecule has 3 rings (SSSR count). The third kappa shape index (κ3) is 16.3. The average Bonchev–Trinajstić information content (AvgIpc) is 3.84. The summed E-state index contributed by atoms with van der Waals surface area (Å²) in [5.41, 5.74) is 1.87. The number of likely N-dealkylation sites (N-methyl/N-ethyl adjacent to an activating group) is 1. The Bertz CT molecular complexity index is 2080. The van der Waals surface area contributed by atoms with Crippen molar-refractivity contribution in [2.75, 3.05) is 41.5 Å². The van der Waals surface area contributed by atoms with Gasteiger partial charge in [-0.05, 0) is 64.9 Å². The third-order valence-electron chi connectivity index (χ3n) is 14.0. The summed E-state index contributed by atoms with van der Waals surface area (Å²) < 4.78 is 48.2. The Morgan fingerprint density at radius 3 is 2.36 bits per heavy atom. The molecule has 3 heterocycles. The Labute approximate surface area is 414 Å². The predicted molar refractivity (Wildman–Crippen MR) is 262 cm³/mol. The first-order valence-electron chi connectivity index (χ1n) is 23.8. The molecule has 1 amide bonds. The number of carbonyl (C=O) groups is 1. The second-order valence-electron chi connectivity index (χ2n) is 19.9. The summed E-state index contributed by atoms with van der Waals surface area (Å²) in [6, 6.07) is 1.40. The number of hydrogen-bond donors (Lipinski definition) is 8. The summed E-state index contributed by atoms with van der Waals surface area (Å²) in [5, 5.41) is 67.1. The van der Waals surface area contributed by atoms with Gasteiger partial charge in [-0.15, -0.1) is 0 Å². The van der Waals surface area contributed by atoms with Crippen molar-refractivity contribution >= 4 is 19.8 Å². The highest BCUT2D eigenvalue weighted by molar-refractivity contribution is 7.46. The predicted octanol–water partition coefficient (Wildman–Crippen LogP) is 4.69. The van der Waals surface area contributed by atoms with Gasteiger partial charge in [-0.3, -0.25) is 9.32 Å². The molecule has 2 aliphatic rings. The molecule has 0 aliphatic carbocycles. The molecule has 19 nitrogen and oxygen atoms in total. The van der Waals surface area contributed by atoms with Gasteiger partial charge in [0.15, 0.2) is 17.8 Å². The Morgan fingerprint density at radius 1 is 1.09 bits per heavy atom.